The quantitative estimate of drug-likeness (QED) is 0.270. The van der Waals surface area contributed by atoms with Crippen LogP contribution in [-0.2, 0) is 6.42 Å². The maximum absolute atomic E-state index is 5.38. The van der Waals surface area contributed by atoms with E-state index in [1.807, 2.05) is 19.1 Å². The van der Waals surface area contributed by atoms with E-state index < -0.39 is 0 Å². The Balaban J connectivity index is 0.00000312. The number of piperidine rings is 1. The molecule has 0 spiro atoms. The smallest absolute Gasteiger partial charge is 0.191 e. The number of aliphatic imine (C=N–C) groups is 1. The van der Waals surface area contributed by atoms with Crippen molar-refractivity contribution in [2.45, 2.75) is 45.6 Å². The molecule has 0 bridgehead atoms. The first kappa shape index (κ1) is 22.0. The number of halogens is 1. The van der Waals surface area contributed by atoms with Crippen LogP contribution in [0.15, 0.2) is 40.0 Å². The van der Waals surface area contributed by atoms with Gasteiger partial charge in [0.1, 0.15) is 5.76 Å². The second-order valence-electron chi connectivity index (χ2n) is 6.64. The molecule has 1 fully saturated rings. The first-order valence-electron chi connectivity index (χ1n) is 9.11. The Morgan fingerprint density at radius 1 is 1.40 bits per heavy atom. The summed E-state index contributed by atoms with van der Waals surface area (Å²) in [4.78, 5) is 7.19. The van der Waals surface area contributed by atoms with Gasteiger partial charge in [0.25, 0.3) is 0 Å². The second-order valence-corrected chi connectivity index (χ2v) is 6.64. The number of nitrogens with one attached hydrogen (secondary N) is 2. The van der Waals surface area contributed by atoms with Crippen LogP contribution in [0.3, 0.4) is 0 Å². The highest BCUT2D eigenvalue weighted by molar-refractivity contribution is 14.0. The van der Waals surface area contributed by atoms with E-state index in [2.05, 4.69) is 34.0 Å². The number of nitrogens with zero attached hydrogens (tertiary/aromatic N) is 2. The van der Waals surface area contributed by atoms with E-state index in [1.54, 1.807) is 6.26 Å². The standard InChI is InChI=1S/C19H32N4O.HI/c1-4-11-23-12-8-17(9-13-23)22-19(21-15-16(2)3)20-10-7-18-6-5-14-24-18;/h5-6,14,17H,2,4,7-13,15H2,1,3H3,(H2,20,21,22);1H. The summed E-state index contributed by atoms with van der Waals surface area (Å²) in [6.07, 6.45) is 6.15. The number of guanidine groups is 1. The molecule has 1 aliphatic rings. The number of hydrogen-bond donors (Lipinski definition) is 2. The SMILES string of the molecule is C=C(C)CN=C(NCCc1ccco1)NC1CCN(CCC)CC1.I. The average Bonchev–Trinajstić information content (AvgIpc) is 3.08. The van der Waals surface area contributed by atoms with Gasteiger partial charge in [-0.05, 0) is 44.9 Å². The Labute approximate surface area is 169 Å². The molecule has 0 saturated carbocycles. The Bertz CT molecular complexity index is 508. The highest BCUT2D eigenvalue weighted by Crippen LogP contribution is 2.10. The van der Waals surface area contributed by atoms with Gasteiger partial charge in [-0.2, -0.15) is 0 Å². The van der Waals surface area contributed by atoms with Gasteiger partial charge in [-0.3, -0.25) is 0 Å². The zero-order valence-corrected chi connectivity index (χ0v) is 17.9. The number of furan rings is 1. The fourth-order valence-electron chi connectivity index (χ4n) is 2.94. The van der Waals surface area contributed by atoms with Crippen molar-refractivity contribution in [2.75, 3.05) is 32.7 Å². The lowest BCUT2D eigenvalue weighted by atomic mass is 10.1. The van der Waals surface area contributed by atoms with Crippen LogP contribution >= 0.6 is 24.0 Å². The third-order valence-corrected chi connectivity index (χ3v) is 4.22. The van der Waals surface area contributed by atoms with Crippen LogP contribution in [0.1, 0.15) is 38.9 Å². The number of likely N-dealkylation sites (tertiary alicyclic amines) is 1. The van der Waals surface area contributed by atoms with Crippen molar-refractivity contribution >= 4 is 29.9 Å². The average molecular weight is 460 g/mol. The van der Waals surface area contributed by atoms with Gasteiger partial charge in [-0.15, -0.1) is 24.0 Å². The van der Waals surface area contributed by atoms with Gasteiger partial charge in [-0.1, -0.05) is 19.1 Å². The molecule has 142 valence electrons. The van der Waals surface area contributed by atoms with Crippen molar-refractivity contribution in [3.05, 3.63) is 36.3 Å². The van der Waals surface area contributed by atoms with E-state index in [1.165, 1.54) is 38.9 Å². The first-order valence-corrected chi connectivity index (χ1v) is 9.11. The summed E-state index contributed by atoms with van der Waals surface area (Å²) in [5.41, 5.74) is 1.07. The van der Waals surface area contributed by atoms with Gasteiger partial charge in [0.15, 0.2) is 5.96 Å². The fraction of sp³-hybridized carbons (Fsp3) is 0.632. The van der Waals surface area contributed by atoms with E-state index >= 15 is 0 Å². The van der Waals surface area contributed by atoms with Crippen molar-refractivity contribution in [1.82, 2.24) is 15.5 Å². The van der Waals surface area contributed by atoms with Crippen molar-refractivity contribution in [3.63, 3.8) is 0 Å². The summed E-state index contributed by atoms with van der Waals surface area (Å²) >= 11 is 0. The van der Waals surface area contributed by atoms with E-state index in [0.717, 1.165) is 30.3 Å². The third-order valence-electron chi connectivity index (χ3n) is 4.22. The van der Waals surface area contributed by atoms with Gasteiger partial charge in [0.05, 0.1) is 12.8 Å². The van der Waals surface area contributed by atoms with E-state index in [-0.39, 0.29) is 24.0 Å². The maximum atomic E-state index is 5.38. The van der Waals surface area contributed by atoms with Gasteiger partial charge >= 0.3 is 0 Å². The molecule has 0 aliphatic carbocycles. The Morgan fingerprint density at radius 2 is 2.16 bits per heavy atom. The normalized spacial score (nSPS) is 16.3. The van der Waals surface area contributed by atoms with Crippen LogP contribution in [0.4, 0.5) is 0 Å². The minimum absolute atomic E-state index is 0. The predicted octanol–water partition coefficient (Wildman–Crippen LogP) is 3.43. The lowest BCUT2D eigenvalue weighted by molar-refractivity contribution is 0.206. The van der Waals surface area contributed by atoms with E-state index in [4.69, 9.17) is 4.42 Å². The Hall–Kier alpha value is -1.02. The largest absolute Gasteiger partial charge is 0.469 e. The van der Waals surface area contributed by atoms with Crippen LogP contribution in [-0.4, -0.2) is 49.6 Å². The van der Waals surface area contributed by atoms with Crippen LogP contribution < -0.4 is 10.6 Å². The minimum atomic E-state index is 0. The van der Waals surface area contributed by atoms with Gasteiger partial charge in [0, 0.05) is 32.1 Å². The number of rotatable bonds is 8. The molecule has 2 heterocycles. The summed E-state index contributed by atoms with van der Waals surface area (Å²) in [5.74, 6) is 1.88. The monoisotopic (exact) mass is 460 g/mol. The molecule has 0 amide bonds. The first-order chi connectivity index (χ1) is 11.7. The highest BCUT2D eigenvalue weighted by Gasteiger charge is 2.19. The van der Waals surface area contributed by atoms with E-state index in [9.17, 15) is 0 Å². The van der Waals surface area contributed by atoms with Crippen molar-refractivity contribution < 1.29 is 4.42 Å². The summed E-state index contributed by atoms with van der Waals surface area (Å²) in [6.45, 7) is 13.2. The van der Waals surface area contributed by atoms with Crippen molar-refractivity contribution in [1.29, 1.82) is 0 Å². The molecular formula is C19H33IN4O. The van der Waals surface area contributed by atoms with Crippen LogP contribution in [0.5, 0.6) is 0 Å². The molecule has 6 heteroatoms. The molecule has 1 aliphatic heterocycles. The van der Waals surface area contributed by atoms with Crippen molar-refractivity contribution in [3.8, 4) is 0 Å². The molecule has 2 N–H and O–H groups in total. The molecule has 0 atom stereocenters. The molecule has 2 rings (SSSR count). The zero-order valence-electron chi connectivity index (χ0n) is 15.6. The minimum Gasteiger partial charge on any atom is -0.469 e. The lowest BCUT2D eigenvalue weighted by Crippen LogP contribution is -2.49. The maximum Gasteiger partial charge on any atom is 0.191 e. The molecular weight excluding hydrogens is 427 g/mol. The highest BCUT2D eigenvalue weighted by atomic mass is 127. The molecule has 1 aromatic rings. The predicted molar refractivity (Wildman–Crippen MR) is 116 cm³/mol. The zero-order chi connectivity index (χ0) is 17.2. The molecule has 1 saturated heterocycles. The summed E-state index contributed by atoms with van der Waals surface area (Å²) in [7, 11) is 0. The van der Waals surface area contributed by atoms with E-state index in [0.29, 0.717) is 12.6 Å². The number of hydrogen-bond acceptors (Lipinski definition) is 3. The van der Waals surface area contributed by atoms with Gasteiger partial charge in [-0.25, -0.2) is 4.99 Å². The van der Waals surface area contributed by atoms with Gasteiger partial charge < -0.3 is 20.0 Å². The fourth-order valence-corrected chi connectivity index (χ4v) is 2.94. The van der Waals surface area contributed by atoms with Crippen LogP contribution in [0, 0.1) is 0 Å². The Kier molecular flexibility index (Phi) is 10.9. The third kappa shape index (κ3) is 8.76. The molecule has 25 heavy (non-hydrogen) atoms. The summed E-state index contributed by atoms with van der Waals surface area (Å²) in [5, 5.41) is 7.02. The summed E-state index contributed by atoms with van der Waals surface area (Å²) in [6, 6.07) is 4.43. The molecule has 1 aromatic heterocycles. The second kappa shape index (κ2) is 12.4. The molecule has 0 unspecified atom stereocenters. The lowest BCUT2D eigenvalue weighted by Gasteiger charge is -2.32. The molecule has 0 aromatic carbocycles. The Morgan fingerprint density at radius 3 is 2.76 bits per heavy atom. The summed E-state index contributed by atoms with van der Waals surface area (Å²) < 4.78 is 5.38. The van der Waals surface area contributed by atoms with Crippen molar-refractivity contribution in [2.24, 2.45) is 4.99 Å². The molecule has 0 radical (unpaired) electrons. The topological polar surface area (TPSA) is 52.8 Å². The molecule has 5 nitrogen and oxygen atoms in total. The van der Waals surface area contributed by atoms with Crippen LogP contribution in [0.2, 0.25) is 0 Å². The van der Waals surface area contributed by atoms with Crippen LogP contribution in [0.25, 0.3) is 0 Å². The van der Waals surface area contributed by atoms with Gasteiger partial charge in [0.2, 0.25) is 0 Å².